The summed E-state index contributed by atoms with van der Waals surface area (Å²) >= 11 is 3.23. The molecule has 1 saturated carbocycles. The standard InChI is InChI=1S/C12H19N3O2S2/c1-3-13-11-9(14-15-19-11)7-18-8-12(4-5-12)6-10(16)17-2/h13H,3-8H2,1-2H3. The minimum Gasteiger partial charge on any atom is -0.469 e. The number of nitrogens with zero attached hydrogens (tertiary/aromatic N) is 2. The fourth-order valence-corrected chi connectivity index (χ4v) is 3.95. The predicted octanol–water partition coefficient (Wildman–Crippen LogP) is 2.55. The third kappa shape index (κ3) is 4.07. The highest BCUT2D eigenvalue weighted by Gasteiger charge is 2.44. The first-order chi connectivity index (χ1) is 9.19. The van der Waals surface area contributed by atoms with Crippen LogP contribution in [0.1, 0.15) is 31.9 Å². The van der Waals surface area contributed by atoms with Gasteiger partial charge in [-0.05, 0) is 30.9 Å². The van der Waals surface area contributed by atoms with E-state index in [2.05, 4.69) is 21.8 Å². The lowest BCUT2D eigenvalue weighted by atomic mass is 10.1. The predicted molar refractivity (Wildman–Crippen MR) is 78.5 cm³/mol. The third-order valence-corrected chi connectivity index (χ3v) is 5.26. The molecule has 1 N–H and O–H groups in total. The second-order valence-corrected chi connectivity index (χ2v) is 6.56. The Kier molecular flexibility index (Phi) is 5.04. The normalized spacial score (nSPS) is 16.1. The summed E-state index contributed by atoms with van der Waals surface area (Å²) < 4.78 is 8.73. The molecule has 0 spiro atoms. The van der Waals surface area contributed by atoms with Gasteiger partial charge in [0.25, 0.3) is 0 Å². The van der Waals surface area contributed by atoms with Gasteiger partial charge in [0, 0.05) is 23.8 Å². The highest BCUT2D eigenvalue weighted by molar-refractivity contribution is 7.98. The van der Waals surface area contributed by atoms with E-state index in [1.807, 2.05) is 11.8 Å². The summed E-state index contributed by atoms with van der Waals surface area (Å²) in [5, 5.41) is 8.48. The molecule has 1 aliphatic carbocycles. The molecule has 0 saturated heterocycles. The van der Waals surface area contributed by atoms with E-state index in [-0.39, 0.29) is 11.4 Å². The first-order valence-corrected chi connectivity index (χ1v) is 8.31. The van der Waals surface area contributed by atoms with Gasteiger partial charge in [0.05, 0.1) is 13.5 Å². The van der Waals surface area contributed by atoms with Crippen LogP contribution in [0, 0.1) is 5.41 Å². The summed E-state index contributed by atoms with van der Waals surface area (Å²) in [4.78, 5) is 11.3. The van der Waals surface area contributed by atoms with Crippen LogP contribution in [0.5, 0.6) is 0 Å². The molecule has 1 aromatic heterocycles. The molecule has 0 atom stereocenters. The van der Waals surface area contributed by atoms with E-state index in [0.717, 1.165) is 41.6 Å². The van der Waals surface area contributed by atoms with Gasteiger partial charge in [-0.25, -0.2) is 0 Å². The minimum absolute atomic E-state index is 0.0956. The molecule has 5 nitrogen and oxygen atoms in total. The Morgan fingerprint density at radius 2 is 2.37 bits per heavy atom. The molecular weight excluding hydrogens is 282 g/mol. The molecule has 106 valence electrons. The maximum absolute atomic E-state index is 11.3. The maximum Gasteiger partial charge on any atom is 0.306 e. The topological polar surface area (TPSA) is 64.1 Å². The minimum atomic E-state index is -0.0956. The monoisotopic (exact) mass is 301 g/mol. The van der Waals surface area contributed by atoms with E-state index in [4.69, 9.17) is 4.74 Å². The number of hydrogen-bond donors (Lipinski definition) is 1. The summed E-state index contributed by atoms with van der Waals surface area (Å²) in [6.45, 7) is 2.94. The van der Waals surface area contributed by atoms with Gasteiger partial charge >= 0.3 is 5.97 Å². The molecule has 0 radical (unpaired) electrons. The van der Waals surface area contributed by atoms with E-state index >= 15 is 0 Å². The van der Waals surface area contributed by atoms with Gasteiger partial charge in [0.15, 0.2) is 0 Å². The summed E-state index contributed by atoms with van der Waals surface area (Å²) in [7, 11) is 1.45. The van der Waals surface area contributed by atoms with Crippen LogP contribution < -0.4 is 5.32 Å². The third-order valence-electron chi connectivity index (χ3n) is 3.24. The molecule has 0 bridgehead atoms. The number of carbonyl (C=O) groups excluding carboxylic acids is 1. The van der Waals surface area contributed by atoms with Crippen molar-refractivity contribution < 1.29 is 9.53 Å². The average molecular weight is 301 g/mol. The van der Waals surface area contributed by atoms with Crippen molar-refractivity contribution in [2.24, 2.45) is 5.41 Å². The van der Waals surface area contributed by atoms with E-state index in [1.165, 1.54) is 18.6 Å². The van der Waals surface area contributed by atoms with Crippen LogP contribution in [0.15, 0.2) is 0 Å². The molecule has 0 unspecified atom stereocenters. The second kappa shape index (κ2) is 6.56. The van der Waals surface area contributed by atoms with Gasteiger partial charge in [0.2, 0.25) is 0 Å². The largest absolute Gasteiger partial charge is 0.469 e. The molecule has 1 aliphatic rings. The van der Waals surface area contributed by atoms with Crippen molar-refractivity contribution in [2.45, 2.75) is 31.9 Å². The first kappa shape index (κ1) is 14.6. The van der Waals surface area contributed by atoms with Crippen molar-refractivity contribution in [3.05, 3.63) is 5.69 Å². The zero-order valence-corrected chi connectivity index (χ0v) is 12.9. The summed E-state index contributed by atoms with van der Waals surface area (Å²) in [6, 6.07) is 0. The Labute approximate surface area is 121 Å². The molecule has 1 heterocycles. The Hall–Kier alpha value is -0.820. The van der Waals surface area contributed by atoms with Gasteiger partial charge in [-0.1, -0.05) is 4.49 Å². The van der Waals surface area contributed by atoms with E-state index in [0.29, 0.717) is 6.42 Å². The molecule has 0 amide bonds. The molecule has 0 aliphatic heterocycles. The number of hydrogen-bond acceptors (Lipinski definition) is 7. The first-order valence-electron chi connectivity index (χ1n) is 6.39. The van der Waals surface area contributed by atoms with Crippen LogP contribution in [0.25, 0.3) is 0 Å². The van der Waals surface area contributed by atoms with Gasteiger partial charge in [-0.15, -0.1) is 5.10 Å². The number of aromatic nitrogens is 2. The Morgan fingerprint density at radius 3 is 3.00 bits per heavy atom. The summed E-state index contributed by atoms with van der Waals surface area (Å²) in [5.74, 6) is 1.74. The van der Waals surface area contributed by atoms with Crippen molar-refractivity contribution in [1.82, 2.24) is 9.59 Å². The van der Waals surface area contributed by atoms with Gasteiger partial charge < -0.3 is 10.1 Å². The summed E-state index contributed by atoms with van der Waals surface area (Å²) in [6.07, 6.45) is 2.81. The van der Waals surface area contributed by atoms with Crippen LogP contribution in [0.4, 0.5) is 5.00 Å². The highest BCUT2D eigenvalue weighted by Crippen LogP contribution is 2.51. The van der Waals surface area contributed by atoms with Crippen molar-refractivity contribution in [1.29, 1.82) is 0 Å². The van der Waals surface area contributed by atoms with Crippen LogP contribution in [-0.4, -0.2) is 35.0 Å². The number of thioether (sulfide) groups is 1. The van der Waals surface area contributed by atoms with Crippen molar-refractivity contribution in [3.8, 4) is 0 Å². The molecular formula is C12H19N3O2S2. The number of anilines is 1. The second-order valence-electron chi connectivity index (χ2n) is 4.82. The van der Waals surface area contributed by atoms with Crippen LogP contribution in [-0.2, 0) is 15.3 Å². The van der Waals surface area contributed by atoms with Gasteiger partial charge in [0.1, 0.15) is 10.7 Å². The fourth-order valence-electron chi connectivity index (χ4n) is 1.89. The number of ether oxygens (including phenoxy) is 1. The molecule has 1 aromatic rings. The SMILES string of the molecule is CCNc1snnc1CSCC1(CC(=O)OC)CC1. The van der Waals surface area contributed by atoms with Crippen molar-refractivity contribution in [3.63, 3.8) is 0 Å². The van der Waals surface area contributed by atoms with Gasteiger partial charge in [-0.2, -0.15) is 11.8 Å². The number of rotatable bonds is 8. The quantitative estimate of drug-likeness (QED) is 0.744. The molecule has 2 rings (SSSR count). The Bertz CT molecular complexity index is 432. The smallest absolute Gasteiger partial charge is 0.306 e. The lowest BCUT2D eigenvalue weighted by Crippen LogP contribution is -2.13. The maximum atomic E-state index is 11.3. The number of carbonyl (C=O) groups is 1. The molecule has 1 fully saturated rings. The van der Waals surface area contributed by atoms with Crippen molar-refractivity contribution in [2.75, 3.05) is 24.7 Å². The zero-order chi connectivity index (χ0) is 13.7. The Balaban J connectivity index is 1.77. The van der Waals surface area contributed by atoms with Crippen LogP contribution in [0.3, 0.4) is 0 Å². The van der Waals surface area contributed by atoms with Crippen LogP contribution >= 0.6 is 23.3 Å². The number of methoxy groups -OCH3 is 1. The van der Waals surface area contributed by atoms with E-state index in [1.54, 1.807) is 0 Å². The average Bonchev–Trinajstić information content (AvgIpc) is 3.01. The Morgan fingerprint density at radius 1 is 1.58 bits per heavy atom. The molecule has 0 aromatic carbocycles. The number of esters is 1. The highest BCUT2D eigenvalue weighted by atomic mass is 32.2. The lowest BCUT2D eigenvalue weighted by Gasteiger charge is -2.12. The van der Waals surface area contributed by atoms with E-state index < -0.39 is 0 Å². The number of nitrogens with one attached hydrogen (secondary N) is 1. The van der Waals surface area contributed by atoms with E-state index in [9.17, 15) is 4.79 Å². The molecule has 7 heteroatoms. The van der Waals surface area contributed by atoms with Gasteiger partial charge in [-0.3, -0.25) is 4.79 Å². The zero-order valence-electron chi connectivity index (χ0n) is 11.3. The lowest BCUT2D eigenvalue weighted by molar-refractivity contribution is -0.141. The summed E-state index contributed by atoms with van der Waals surface area (Å²) in [5.41, 5.74) is 1.20. The fraction of sp³-hybridized carbons (Fsp3) is 0.750. The van der Waals surface area contributed by atoms with Crippen molar-refractivity contribution >= 4 is 34.3 Å². The molecule has 19 heavy (non-hydrogen) atoms. The van der Waals surface area contributed by atoms with Crippen LogP contribution in [0.2, 0.25) is 0 Å².